The van der Waals surface area contributed by atoms with Gasteiger partial charge in [0.2, 0.25) is 5.91 Å². The third kappa shape index (κ3) is 6.97. The van der Waals surface area contributed by atoms with Crippen LogP contribution in [0.5, 0.6) is 0 Å². The lowest BCUT2D eigenvalue weighted by molar-refractivity contribution is -0.192. The quantitative estimate of drug-likeness (QED) is 0.503. The topological polar surface area (TPSA) is 122 Å². The SMILES string of the molecule is Cc1ccc(S(=O)(=O)Nc2ccc(C3(C(=O)NCC4CCCO4)CC3)cc2)cc1.O=C(O)C(F)(F)F. The Labute approximate surface area is 206 Å². The van der Waals surface area contributed by atoms with Gasteiger partial charge >= 0.3 is 12.1 Å². The van der Waals surface area contributed by atoms with Crippen molar-refractivity contribution >= 4 is 27.6 Å². The van der Waals surface area contributed by atoms with Gasteiger partial charge in [-0.25, -0.2) is 13.2 Å². The lowest BCUT2D eigenvalue weighted by Gasteiger charge is -2.18. The maximum absolute atomic E-state index is 12.7. The van der Waals surface area contributed by atoms with Gasteiger partial charge < -0.3 is 15.2 Å². The lowest BCUT2D eigenvalue weighted by atomic mass is 9.94. The molecular formula is C24H27F3N2O6S. The zero-order valence-corrected chi connectivity index (χ0v) is 20.3. The molecule has 3 N–H and O–H groups in total. The largest absolute Gasteiger partial charge is 0.490 e. The minimum atomic E-state index is -5.08. The highest BCUT2D eigenvalue weighted by molar-refractivity contribution is 7.92. The zero-order valence-electron chi connectivity index (χ0n) is 19.5. The molecule has 1 aliphatic heterocycles. The molecule has 0 spiro atoms. The van der Waals surface area contributed by atoms with Crippen molar-refractivity contribution in [1.29, 1.82) is 0 Å². The smallest absolute Gasteiger partial charge is 0.475 e. The molecule has 1 atom stereocenters. The van der Waals surface area contributed by atoms with Gasteiger partial charge in [-0.2, -0.15) is 13.2 Å². The van der Waals surface area contributed by atoms with Gasteiger partial charge in [-0.3, -0.25) is 9.52 Å². The summed E-state index contributed by atoms with van der Waals surface area (Å²) in [5, 5.41) is 10.2. The number of aryl methyl sites for hydroxylation is 1. The van der Waals surface area contributed by atoms with Crippen molar-refractivity contribution in [2.24, 2.45) is 0 Å². The summed E-state index contributed by atoms with van der Waals surface area (Å²) < 4.78 is 65.0. The first-order valence-corrected chi connectivity index (χ1v) is 12.7. The Hall–Kier alpha value is -3.12. The van der Waals surface area contributed by atoms with E-state index in [4.69, 9.17) is 14.6 Å². The van der Waals surface area contributed by atoms with Crippen LogP contribution in [-0.2, 0) is 29.8 Å². The number of aliphatic carboxylic acids is 1. The van der Waals surface area contributed by atoms with Crippen LogP contribution in [0.4, 0.5) is 18.9 Å². The summed E-state index contributed by atoms with van der Waals surface area (Å²) in [4.78, 5) is 21.8. The average molecular weight is 529 g/mol. The highest BCUT2D eigenvalue weighted by atomic mass is 32.2. The molecule has 1 unspecified atom stereocenters. The molecule has 0 bridgehead atoms. The number of nitrogens with one attached hydrogen (secondary N) is 2. The van der Waals surface area contributed by atoms with Crippen molar-refractivity contribution in [3.05, 3.63) is 59.7 Å². The predicted octanol–water partition coefficient (Wildman–Crippen LogP) is 3.76. The Morgan fingerprint density at radius 1 is 1.08 bits per heavy atom. The maximum atomic E-state index is 12.7. The molecule has 2 fully saturated rings. The highest BCUT2D eigenvalue weighted by Crippen LogP contribution is 2.48. The number of amides is 1. The molecule has 1 amide bonds. The summed E-state index contributed by atoms with van der Waals surface area (Å²) >= 11 is 0. The highest BCUT2D eigenvalue weighted by Gasteiger charge is 2.51. The second kappa shape index (κ2) is 10.9. The molecule has 2 aromatic rings. The number of anilines is 1. The fourth-order valence-corrected chi connectivity index (χ4v) is 4.80. The number of carboxylic acids is 1. The van der Waals surface area contributed by atoms with E-state index in [1.54, 1.807) is 36.4 Å². The number of hydrogen-bond donors (Lipinski definition) is 3. The van der Waals surface area contributed by atoms with Crippen molar-refractivity contribution in [2.75, 3.05) is 17.9 Å². The minimum Gasteiger partial charge on any atom is -0.475 e. The molecule has 0 radical (unpaired) electrons. The summed E-state index contributed by atoms with van der Waals surface area (Å²) in [6.45, 7) is 3.23. The van der Waals surface area contributed by atoms with E-state index in [1.165, 1.54) is 0 Å². The molecule has 1 saturated carbocycles. The van der Waals surface area contributed by atoms with Crippen LogP contribution in [0.3, 0.4) is 0 Å². The molecule has 12 heteroatoms. The first-order valence-electron chi connectivity index (χ1n) is 11.2. The van der Waals surface area contributed by atoms with Crippen molar-refractivity contribution in [1.82, 2.24) is 5.32 Å². The van der Waals surface area contributed by atoms with E-state index in [0.717, 1.165) is 43.4 Å². The van der Waals surface area contributed by atoms with Crippen LogP contribution < -0.4 is 10.0 Å². The summed E-state index contributed by atoms with van der Waals surface area (Å²) in [6, 6.07) is 13.8. The molecule has 196 valence electrons. The molecule has 2 aromatic carbocycles. The third-order valence-electron chi connectivity index (χ3n) is 5.96. The first kappa shape index (κ1) is 27.5. The number of alkyl halides is 3. The molecule has 0 aromatic heterocycles. The van der Waals surface area contributed by atoms with Crippen LogP contribution in [0.25, 0.3) is 0 Å². The molecule has 1 aliphatic carbocycles. The Balaban J connectivity index is 0.000000454. The number of carbonyl (C=O) groups excluding carboxylic acids is 1. The molecule has 2 aliphatic rings. The van der Waals surface area contributed by atoms with Crippen LogP contribution in [0, 0.1) is 6.92 Å². The van der Waals surface area contributed by atoms with Crippen LogP contribution in [0.1, 0.15) is 36.8 Å². The Kier molecular flexibility index (Phi) is 8.29. The van der Waals surface area contributed by atoms with Gasteiger partial charge in [-0.1, -0.05) is 29.8 Å². The van der Waals surface area contributed by atoms with Gasteiger partial charge in [0.05, 0.1) is 16.4 Å². The number of carbonyl (C=O) groups is 2. The molecule has 36 heavy (non-hydrogen) atoms. The van der Waals surface area contributed by atoms with Gasteiger partial charge in [-0.05, 0) is 62.4 Å². The fraction of sp³-hybridized carbons (Fsp3) is 0.417. The van der Waals surface area contributed by atoms with Crippen molar-refractivity contribution in [3.63, 3.8) is 0 Å². The molecule has 1 saturated heterocycles. The lowest BCUT2D eigenvalue weighted by Crippen LogP contribution is -2.39. The maximum Gasteiger partial charge on any atom is 0.490 e. The van der Waals surface area contributed by atoms with Gasteiger partial charge in [0.15, 0.2) is 0 Å². The minimum absolute atomic E-state index is 0.0287. The summed E-state index contributed by atoms with van der Waals surface area (Å²) in [6.07, 6.45) is -1.32. The third-order valence-corrected chi connectivity index (χ3v) is 7.36. The number of hydrogen-bond acceptors (Lipinski definition) is 5. The van der Waals surface area contributed by atoms with E-state index in [1.807, 2.05) is 19.1 Å². The van der Waals surface area contributed by atoms with Gasteiger partial charge in [0.25, 0.3) is 10.0 Å². The number of halogens is 3. The standard InChI is InChI=1S/C22H26N2O4S.C2HF3O2/c1-16-4-10-20(11-5-16)29(26,27)24-18-8-6-17(7-9-18)22(12-13-22)21(25)23-15-19-3-2-14-28-19;3-2(4,5)1(6)7/h4-11,19,24H,2-3,12-15H2,1H3,(H,23,25);(H,6,7). The van der Waals surface area contributed by atoms with E-state index in [-0.39, 0.29) is 16.9 Å². The van der Waals surface area contributed by atoms with E-state index in [2.05, 4.69) is 10.0 Å². The zero-order chi connectivity index (χ0) is 26.6. The second-order valence-electron chi connectivity index (χ2n) is 8.73. The molecule has 1 heterocycles. The van der Waals surface area contributed by atoms with E-state index in [0.29, 0.717) is 12.2 Å². The number of rotatable bonds is 7. The summed E-state index contributed by atoms with van der Waals surface area (Å²) in [7, 11) is -3.64. The molecule has 4 rings (SSSR count). The van der Waals surface area contributed by atoms with Gasteiger partial charge in [-0.15, -0.1) is 0 Å². The first-order chi connectivity index (χ1) is 16.8. The Morgan fingerprint density at radius 2 is 1.67 bits per heavy atom. The van der Waals surface area contributed by atoms with Crippen LogP contribution >= 0.6 is 0 Å². The number of carboxylic acid groups (broad SMARTS) is 1. The van der Waals surface area contributed by atoms with Crippen LogP contribution in [0.2, 0.25) is 0 Å². The summed E-state index contributed by atoms with van der Waals surface area (Å²) in [5.74, 6) is -2.73. The average Bonchev–Trinajstić information content (AvgIpc) is 3.46. The number of ether oxygens (including phenoxy) is 1. The molecular weight excluding hydrogens is 501 g/mol. The van der Waals surface area contributed by atoms with Crippen molar-refractivity contribution < 1.29 is 41.0 Å². The predicted molar refractivity (Wildman–Crippen MR) is 125 cm³/mol. The van der Waals surface area contributed by atoms with Gasteiger partial charge in [0, 0.05) is 18.8 Å². The fourth-order valence-electron chi connectivity index (χ4n) is 3.74. The number of benzene rings is 2. The normalized spacial score (nSPS) is 18.5. The van der Waals surface area contributed by atoms with Gasteiger partial charge in [0.1, 0.15) is 0 Å². The monoisotopic (exact) mass is 528 g/mol. The van der Waals surface area contributed by atoms with Crippen LogP contribution in [-0.4, -0.2) is 50.8 Å². The Morgan fingerprint density at radius 3 is 2.14 bits per heavy atom. The van der Waals surface area contributed by atoms with E-state index in [9.17, 15) is 26.4 Å². The number of sulfonamides is 1. The molecule has 8 nitrogen and oxygen atoms in total. The summed E-state index contributed by atoms with van der Waals surface area (Å²) in [5.41, 5.74) is 1.90. The van der Waals surface area contributed by atoms with Crippen molar-refractivity contribution in [3.8, 4) is 0 Å². The Bertz CT molecular complexity index is 1170. The van der Waals surface area contributed by atoms with Crippen LogP contribution in [0.15, 0.2) is 53.4 Å². The van der Waals surface area contributed by atoms with E-state index < -0.39 is 27.6 Å². The van der Waals surface area contributed by atoms with E-state index >= 15 is 0 Å². The van der Waals surface area contributed by atoms with Crippen molar-refractivity contribution in [2.45, 2.75) is 55.2 Å². The second-order valence-corrected chi connectivity index (χ2v) is 10.4.